The van der Waals surface area contributed by atoms with Gasteiger partial charge in [0.1, 0.15) is 5.82 Å². The van der Waals surface area contributed by atoms with Crippen LogP contribution < -0.4 is 0 Å². The predicted octanol–water partition coefficient (Wildman–Crippen LogP) is 4.87. The van der Waals surface area contributed by atoms with Crippen LogP contribution in [0.15, 0.2) is 36.4 Å². The lowest BCUT2D eigenvalue weighted by Crippen LogP contribution is -2.05. The van der Waals surface area contributed by atoms with Gasteiger partial charge in [0.2, 0.25) is 0 Å². The van der Waals surface area contributed by atoms with Crippen LogP contribution in [0.25, 0.3) is 0 Å². The third-order valence-electron chi connectivity index (χ3n) is 2.88. The molecule has 0 aliphatic heterocycles. The third-order valence-corrected chi connectivity index (χ3v) is 3.59. The standard InChI is InChI=1S/C15H11Cl2FO/c1-9-7-10(5-6-14(9)18)15(19)8-11-12(16)3-2-4-13(11)17/h2-7H,8H2,1H3. The van der Waals surface area contributed by atoms with Crippen LogP contribution in [-0.4, -0.2) is 5.78 Å². The molecule has 0 amide bonds. The van der Waals surface area contributed by atoms with Crippen LogP contribution >= 0.6 is 23.2 Å². The van der Waals surface area contributed by atoms with Crippen molar-refractivity contribution in [3.8, 4) is 0 Å². The second-order valence-corrected chi connectivity index (χ2v) is 5.08. The average molecular weight is 297 g/mol. The van der Waals surface area contributed by atoms with Crippen LogP contribution in [0.5, 0.6) is 0 Å². The molecule has 0 spiro atoms. The van der Waals surface area contributed by atoms with E-state index < -0.39 is 0 Å². The lowest BCUT2D eigenvalue weighted by molar-refractivity contribution is 0.0993. The smallest absolute Gasteiger partial charge is 0.167 e. The summed E-state index contributed by atoms with van der Waals surface area (Å²) in [5.41, 5.74) is 1.49. The molecule has 0 fully saturated rings. The van der Waals surface area contributed by atoms with Gasteiger partial charge >= 0.3 is 0 Å². The Morgan fingerprint density at radius 2 is 1.79 bits per heavy atom. The summed E-state index contributed by atoms with van der Waals surface area (Å²) in [7, 11) is 0. The zero-order chi connectivity index (χ0) is 14.0. The molecule has 4 heteroatoms. The van der Waals surface area contributed by atoms with Crippen molar-refractivity contribution in [3.05, 3.63) is 69.0 Å². The van der Waals surface area contributed by atoms with Gasteiger partial charge in [-0.1, -0.05) is 29.3 Å². The Labute approximate surface area is 121 Å². The van der Waals surface area contributed by atoms with Gasteiger partial charge < -0.3 is 0 Å². The maximum Gasteiger partial charge on any atom is 0.167 e. The van der Waals surface area contributed by atoms with E-state index in [2.05, 4.69) is 0 Å². The number of halogens is 3. The van der Waals surface area contributed by atoms with E-state index in [1.165, 1.54) is 18.2 Å². The maximum absolute atomic E-state index is 13.2. The van der Waals surface area contributed by atoms with Gasteiger partial charge in [0.15, 0.2) is 5.78 Å². The second kappa shape index (κ2) is 5.72. The number of benzene rings is 2. The molecule has 2 aromatic carbocycles. The first-order chi connectivity index (χ1) is 8.99. The lowest BCUT2D eigenvalue weighted by atomic mass is 10.0. The molecule has 0 aliphatic rings. The molecule has 0 N–H and O–H groups in total. The monoisotopic (exact) mass is 296 g/mol. The van der Waals surface area contributed by atoms with Gasteiger partial charge in [0.25, 0.3) is 0 Å². The molecule has 0 saturated carbocycles. The maximum atomic E-state index is 13.2. The van der Waals surface area contributed by atoms with Crippen molar-refractivity contribution in [2.45, 2.75) is 13.3 Å². The van der Waals surface area contributed by atoms with E-state index in [1.54, 1.807) is 25.1 Å². The molecule has 1 nitrogen and oxygen atoms in total. The fraction of sp³-hybridized carbons (Fsp3) is 0.133. The summed E-state index contributed by atoms with van der Waals surface area (Å²) in [5, 5.41) is 0.916. The molecule has 2 aromatic rings. The quantitative estimate of drug-likeness (QED) is 0.739. The van der Waals surface area contributed by atoms with Gasteiger partial charge in [-0.15, -0.1) is 0 Å². The van der Waals surface area contributed by atoms with Crippen LogP contribution in [0, 0.1) is 12.7 Å². The molecule has 0 unspecified atom stereocenters. The highest BCUT2D eigenvalue weighted by molar-refractivity contribution is 6.36. The first-order valence-corrected chi connectivity index (χ1v) is 6.47. The lowest BCUT2D eigenvalue weighted by Gasteiger charge is -2.07. The van der Waals surface area contributed by atoms with Gasteiger partial charge in [-0.3, -0.25) is 4.79 Å². The summed E-state index contributed by atoms with van der Waals surface area (Å²) in [6.45, 7) is 1.62. The summed E-state index contributed by atoms with van der Waals surface area (Å²) >= 11 is 12.0. The van der Waals surface area contributed by atoms with Crippen molar-refractivity contribution in [1.82, 2.24) is 0 Å². The van der Waals surface area contributed by atoms with Gasteiger partial charge in [-0.25, -0.2) is 4.39 Å². The Morgan fingerprint density at radius 1 is 1.16 bits per heavy atom. The number of carbonyl (C=O) groups excluding carboxylic acids is 1. The van der Waals surface area contributed by atoms with Crippen molar-refractivity contribution in [3.63, 3.8) is 0 Å². The molecule has 98 valence electrons. The number of hydrogen-bond donors (Lipinski definition) is 0. The minimum absolute atomic E-state index is 0.101. The Kier molecular flexibility index (Phi) is 4.23. The Bertz CT molecular complexity index is 618. The summed E-state index contributed by atoms with van der Waals surface area (Å²) in [6, 6.07) is 9.38. The molecule has 0 atom stereocenters. The van der Waals surface area contributed by atoms with Crippen LogP contribution in [0.3, 0.4) is 0 Å². The Morgan fingerprint density at radius 3 is 2.37 bits per heavy atom. The number of Topliss-reactive ketones (excluding diaryl/α,β-unsaturated/α-hetero) is 1. The van der Waals surface area contributed by atoms with E-state index in [0.29, 0.717) is 26.7 Å². The van der Waals surface area contributed by atoms with Gasteiger partial charge in [-0.2, -0.15) is 0 Å². The number of rotatable bonds is 3. The fourth-order valence-corrected chi connectivity index (χ4v) is 2.31. The average Bonchev–Trinajstić information content (AvgIpc) is 2.37. The third kappa shape index (κ3) is 3.14. The van der Waals surface area contributed by atoms with Crippen LogP contribution in [-0.2, 0) is 6.42 Å². The zero-order valence-corrected chi connectivity index (χ0v) is 11.7. The Hall–Kier alpha value is -1.38. The molecule has 0 bridgehead atoms. The van der Waals surface area contributed by atoms with Crippen molar-refractivity contribution in [2.75, 3.05) is 0 Å². The number of aryl methyl sites for hydroxylation is 1. The van der Waals surface area contributed by atoms with Crippen LogP contribution in [0.4, 0.5) is 4.39 Å². The summed E-state index contributed by atoms with van der Waals surface area (Å²) in [5.74, 6) is -0.467. The highest BCUT2D eigenvalue weighted by Gasteiger charge is 2.13. The molecule has 2 rings (SSSR count). The number of ketones is 1. The highest BCUT2D eigenvalue weighted by Crippen LogP contribution is 2.26. The predicted molar refractivity (Wildman–Crippen MR) is 75.6 cm³/mol. The van der Waals surface area contributed by atoms with E-state index in [1.807, 2.05) is 0 Å². The molecule has 0 aromatic heterocycles. The molecule has 0 aliphatic carbocycles. The minimum atomic E-state index is -0.327. The van der Waals surface area contributed by atoms with Crippen molar-refractivity contribution in [1.29, 1.82) is 0 Å². The van der Waals surface area contributed by atoms with E-state index >= 15 is 0 Å². The zero-order valence-electron chi connectivity index (χ0n) is 10.2. The van der Waals surface area contributed by atoms with Crippen molar-refractivity contribution < 1.29 is 9.18 Å². The first-order valence-electron chi connectivity index (χ1n) is 5.71. The molecule has 19 heavy (non-hydrogen) atoms. The molecular formula is C15H11Cl2FO. The van der Waals surface area contributed by atoms with E-state index in [-0.39, 0.29) is 18.0 Å². The summed E-state index contributed by atoms with van der Waals surface area (Å²) in [4.78, 5) is 12.1. The molecule has 0 saturated heterocycles. The van der Waals surface area contributed by atoms with Crippen LogP contribution in [0.2, 0.25) is 10.0 Å². The normalized spacial score (nSPS) is 10.5. The SMILES string of the molecule is Cc1cc(C(=O)Cc2c(Cl)cccc2Cl)ccc1F. The topological polar surface area (TPSA) is 17.1 Å². The van der Waals surface area contributed by atoms with E-state index in [0.717, 1.165) is 0 Å². The Balaban J connectivity index is 2.28. The number of carbonyl (C=O) groups is 1. The summed E-state index contributed by atoms with van der Waals surface area (Å²) in [6.07, 6.45) is 0.101. The highest BCUT2D eigenvalue weighted by atomic mass is 35.5. The van der Waals surface area contributed by atoms with Gasteiger partial charge in [-0.05, 0) is 48.4 Å². The molecule has 0 radical (unpaired) electrons. The minimum Gasteiger partial charge on any atom is -0.294 e. The first kappa shape index (κ1) is 14.0. The second-order valence-electron chi connectivity index (χ2n) is 4.26. The van der Waals surface area contributed by atoms with Crippen molar-refractivity contribution in [2.24, 2.45) is 0 Å². The van der Waals surface area contributed by atoms with Crippen LogP contribution in [0.1, 0.15) is 21.5 Å². The number of hydrogen-bond acceptors (Lipinski definition) is 1. The van der Waals surface area contributed by atoms with E-state index in [9.17, 15) is 9.18 Å². The summed E-state index contributed by atoms with van der Waals surface area (Å²) < 4.78 is 13.2. The molecule has 0 heterocycles. The fourth-order valence-electron chi connectivity index (χ4n) is 1.78. The molecular weight excluding hydrogens is 286 g/mol. The van der Waals surface area contributed by atoms with Gasteiger partial charge in [0.05, 0.1) is 0 Å². The largest absolute Gasteiger partial charge is 0.294 e. The van der Waals surface area contributed by atoms with Gasteiger partial charge in [0, 0.05) is 22.0 Å². The van der Waals surface area contributed by atoms with E-state index in [4.69, 9.17) is 23.2 Å². The van der Waals surface area contributed by atoms with Crippen molar-refractivity contribution >= 4 is 29.0 Å².